The van der Waals surface area contributed by atoms with Gasteiger partial charge in [-0.25, -0.2) is 0 Å². The zero-order chi connectivity index (χ0) is 16.0. The van der Waals surface area contributed by atoms with Crippen LogP contribution >= 0.6 is 39.1 Å². The molecule has 0 radical (unpaired) electrons. The number of nitrogens with zero attached hydrogens (tertiary/aromatic N) is 1. The fourth-order valence-electron chi connectivity index (χ4n) is 2.81. The molecular weight excluding hydrogens is 393 g/mol. The second kappa shape index (κ2) is 5.87. The lowest BCUT2D eigenvalue weighted by atomic mass is 9.95. The number of ether oxygens (including phenoxy) is 1. The Morgan fingerprint density at radius 2 is 2.18 bits per heavy atom. The summed E-state index contributed by atoms with van der Waals surface area (Å²) < 4.78 is 7.57. The van der Waals surface area contributed by atoms with E-state index in [1.807, 2.05) is 4.57 Å². The number of halogens is 3. The van der Waals surface area contributed by atoms with Crippen molar-refractivity contribution >= 4 is 61.8 Å². The Bertz CT molecular complexity index is 800. The summed E-state index contributed by atoms with van der Waals surface area (Å²) in [7, 11) is 0. The van der Waals surface area contributed by atoms with E-state index >= 15 is 0 Å². The van der Waals surface area contributed by atoms with Gasteiger partial charge in [0, 0.05) is 16.4 Å². The van der Waals surface area contributed by atoms with E-state index in [0.717, 1.165) is 9.86 Å². The zero-order valence-corrected chi connectivity index (χ0v) is 14.8. The average molecular weight is 405 g/mol. The summed E-state index contributed by atoms with van der Waals surface area (Å²) in [5.74, 6) is -1.45. The van der Waals surface area contributed by atoms with Gasteiger partial charge < -0.3 is 9.30 Å². The predicted octanol–water partition coefficient (Wildman–Crippen LogP) is 4.48. The molecule has 0 bridgehead atoms. The van der Waals surface area contributed by atoms with Crippen molar-refractivity contribution in [2.45, 2.75) is 19.9 Å². The first-order valence-corrected chi connectivity index (χ1v) is 8.38. The number of rotatable bonds is 2. The first-order chi connectivity index (χ1) is 10.5. The lowest BCUT2D eigenvalue weighted by Gasteiger charge is -2.22. The van der Waals surface area contributed by atoms with E-state index in [-0.39, 0.29) is 12.4 Å². The second-order valence-electron chi connectivity index (χ2n) is 5.06. The Morgan fingerprint density at radius 1 is 1.45 bits per heavy atom. The summed E-state index contributed by atoms with van der Waals surface area (Å²) in [5, 5.41) is 1.64. The van der Waals surface area contributed by atoms with Gasteiger partial charge >= 0.3 is 5.97 Å². The minimum atomic E-state index is -0.746. The fraction of sp³-hybridized carbons (Fsp3) is 0.333. The first-order valence-electron chi connectivity index (χ1n) is 6.83. The molecule has 3 rings (SSSR count). The van der Waals surface area contributed by atoms with Crippen LogP contribution in [0.15, 0.2) is 16.6 Å². The minimum Gasteiger partial charge on any atom is -0.465 e. The van der Waals surface area contributed by atoms with Crippen LogP contribution in [-0.2, 0) is 16.1 Å². The van der Waals surface area contributed by atoms with Gasteiger partial charge in [0.25, 0.3) is 0 Å². The van der Waals surface area contributed by atoms with Crippen molar-refractivity contribution in [3.63, 3.8) is 0 Å². The number of carbonyl (C=O) groups is 2. The number of fused-ring (bicyclic) bond motifs is 3. The fourth-order valence-corrected chi connectivity index (χ4v) is 3.92. The highest BCUT2D eigenvalue weighted by Crippen LogP contribution is 2.40. The average Bonchev–Trinajstić information content (AvgIpc) is 2.86. The highest BCUT2D eigenvalue weighted by molar-refractivity contribution is 9.10. The van der Waals surface area contributed by atoms with E-state index < -0.39 is 11.9 Å². The van der Waals surface area contributed by atoms with Gasteiger partial charge in [0.15, 0.2) is 5.78 Å². The van der Waals surface area contributed by atoms with Gasteiger partial charge in [0.1, 0.15) is 5.92 Å². The normalized spacial score (nSPS) is 17.6. The molecule has 1 aromatic heterocycles. The number of aryl methyl sites for hydroxylation is 1. The van der Waals surface area contributed by atoms with Crippen LogP contribution in [0.25, 0.3) is 10.9 Å². The first kappa shape index (κ1) is 15.8. The largest absolute Gasteiger partial charge is 0.465 e. The summed E-state index contributed by atoms with van der Waals surface area (Å²) in [6.45, 7) is 2.50. The van der Waals surface area contributed by atoms with Crippen molar-refractivity contribution in [3.05, 3.63) is 32.3 Å². The van der Waals surface area contributed by atoms with E-state index in [4.69, 9.17) is 27.9 Å². The van der Waals surface area contributed by atoms with Crippen molar-refractivity contribution in [3.8, 4) is 0 Å². The SMILES string of the molecule is CCOC(=O)C1CCn2c(cc3c(Br)cc(Cl)c(Cl)c32)C1=O. The summed E-state index contributed by atoms with van der Waals surface area (Å²) in [4.78, 5) is 24.5. The molecule has 0 amide bonds. The molecule has 2 heterocycles. The van der Waals surface area contributed by atoms with Crippen LogP contribution in [0.5, 0.6) is 0 Å². The summed E-state index contributed by atoms with van der Waals surface area (Å²) in [6.07, 6.45) is 0.398. The van der Waals surface area contributed by atoms with Crippen molar-refractivity contribution in [2.24, 2.45) is 5.92 Å². The maximum atomic E-state index is 12.6. The third-order valence-electron chi connectivity index (χ3n) is 3.81. The van der Waals surface area contributed by atoms with E-state index in [2.05, 4.69) is 15.9 Å². The molecule has 0 saturated carbocycles. The molecule has 0 aliphatic carbocycles. The summed E-state index contributed by atoms with van der Waals surface area (Å²) >= 11 is 15.8. The second-order valence-corrected chi connectivity index (χ2v) is 6.69. The number of Topliss-reactive ketones (excluding diaryl/α,β-unsaturated/α-hetero) is 1. The van der Waals surface area contributed by atoms with Crippen LogP contribution in [0.1, 0.15) is 23.8 Å². The molecule has 2 aromatic rings. The Kier molecular flexibility index (Phi) is 4.23. The van der Waals surface area contributed by atoms with Gasteiger partial charge in [-0.2, -0.15) is 0 Å². The summed E-state index contributed by atoms with van der Waals surface area (Å²) in [6, 6.07) is 3.45. The standard InChI is InChI=1S/C15H12BrCl2NO3/c1-2-22-15(21)7-3-4-19-11(14(7)20)5-8-9(16)6-10(17)12(18)13(8)19/h5-7H,2-4H2,1H3. The van der Waals surface area contributed by atoms with Gasteiger partial charge in [0.2, 0.25) is 0 Å². The Labute approximate surface area is 145 Å². The Morgan fingerprint density at radius 3 is 2.86 bits per heavy atom. The molecular formula is C15H12BrCl2NO3. The molecule has 4 nitrogen and oxygen atoms in total. The minimum absolute atomic E-state index is 0.236. The number of aromatic nitrogens is 1. The van der Waals surface area contributed by atoms with E-state index in [1.54, 1.807) is 19.1 Å². The van der Waals surface area contributed by atoms with Crippen LogP contribution in [-0.4, -0.2) is 22.9 Å². The van der Waals surface area contributed by atoms with Crippen molar-refractivity contribution in [2.75, 3.05) is 6.61 Å². The molecule has 7 heteroatoms. The van der Waals surface area contributed by atoms with Gasteiger partial charge in [0.05, 0.1) is 27.9 Å². The molecule has 116 valence electrons. The van der Waals surface area contributed by atoms with Crippen molar-refractivity contribution < 1.29 is 14.3 Å². The van der Waals surface area contributed by atoms with Crippen LogP contribution < -0.4 is 0 Å². The number of hydrogen-bond donors (Lipinski definition) is 0. The molecule has 22 heavy (non-hydrogen) atoms. The maximum absolute atomic E-state index is 12.6. The Balaban J connectivity index is 2.15. The zero-order valence-electron chi connectivity index (χ0n) is 11.7. The molecule has 0 N–H and O–H groups in total. The van der Waals surface area contributed by atoms with Gasteiger partial charge in [-0.15, -0.1) is 0 Å². The highest BCUT2D eigenvalue weighted by atomic mass is 79.9. The monoisotopic (exact) mass is 403 g/mol. The van der Waals surface area contributed by atoms with Gasteiger partial charge in [-0.3, -0.25) is 9.59 Å². The van der Waals surface area contributed by atoms with Crippen LogP contribution in [0.3, 0.4) is 0 Å². The topological polar surface area (TPSA) is 48.3 Å². The van der Waals surface area contributed by atoms with E-state index in [1.165, 1.54) is 0 Å². The third kappa shape index (κ3) is 2.36. The van der Waals surface area contributed by atoms with Crippen molar-refractivity contribution in [1.82, 2.24) is 4.57 Å². The van der Waals surface area contributed by atoms with Gasteiger partial charge in [-0.05, 0) is 25.5 Å². The quantitative estimate of drug-likeness (QED) is 0.421. The lowest BCUT2D eigenvalue weighted by Crippen LogP contribution is -2.33. The predicted molar refractivity (Wildman–Crippen MR) is 88.7 cm³/mol. The van der Waals surface area contributed by atoms with Crippen LogP contribution in [0, 0.1) is 5.92 Å². The summed E-state index contributed by atoms with van der Waals surface area (Å²) in [5.41, 5.74) is 1.18. The molecule has 1 aromatic carbocycles. The molecule has 1 aliphatic rings. The van der Waals surface area contributed by atoms with Crippen LogP contribution in [0.2, 0.25) is 10.0 Å². The number of ketones is 1. The van der Waals surface area contributed by atoms with Crippen molar-refractivity contribution in [1.29, 1.82) is 0 Å². The number of benzene rings is 1. The maximum Gasteiger partial charge on any atom is 0.316 e. The highest BCUT2D eigenvalue weighted by Gasteiger charge is 2.35. The lowest BCUT2D eigenvalue weighted by molar-refractivity contribution is -0.146. The molecule has 0 fully saturated rings. The van der Waals surface area contributed by atoms with E-state index in [9.17, 15) is 9.59 Å². The molecule has 0 spiro atoms. The Hall–Kier alpha value is -1.04. The smallest absolute Gasteiger partial charge is 0.316 e. The molecule has 0 saturated heterocycles. The third-order valence-corrected chi connectivity index (χ3v) is 5.24. The number of hydrogen-bond acceptors (Lipinski definition) is 3. The van der Waals surface area contributed by atoms with Gasteiger partial charge in [-0.1, -0.05) is 39.1 Å². The molecule has 1 unspecified atom stereocenters. The van der Waals surface area contributed by atoms with Crippen LogP contribution in [0.4, 0.5) is 0 Å². The molecule has 1 aliphatic heterocycles. The number of carbonyl (C=O) groups excluding carboxylic acids is 2. The van der Waals surface area contributed by atoms with E-state index in [0.29, 0.717) is 34.2 Å². The number of esters is 1. The molecule has 1 atom stereocenters.